The number of amides is 2. The molecular formula is C25H41F2N3O7. The number of aliphatic hydroxyl groups excluding tert-OH is 1. The monoisotopic (exact) mass is 533 g/mol. The predicted octanol–water partition coefficient (Wildman–Crippen LogP) is 3.62. The number of nitrogens with one attached hydrogen (secondary N) is 1. The first-order valence-corrected chi connectivity index (χ1v) is 13.2. The van der Waals surface area contributed by atoms with Gasteiger partial charge in [-0.3, -0.25) is 14.5 Å². The number of ether oxygens (including phenoxy) is 2. The number of urea groups is 1. The summed E-state index contributed by atoms with van der Waals surface area (Å²) >= 11 is 0. The fraction of sp³-hybridized carbons (Fsp3) is 0.800. The van der Waals surface area contributed by atoms with Crippen LogP contribution in [0.15, 0.2) is 12.3 Å². The molecule has 1 saturated heterocycles. The van der Waals surface area contributed by atoms with Gasteiger partial charge in [0.15, 0.2) is 6.10 Å². The molecule has 10 nitrogen and oxygen atoms in total. The van der Waals surface area contributed by atoms with E-state index >= 15 is 0 Å². The summed E-state index contributed by atoms with van der Waals surface area (Å²) in [5.74, 6) is -5.04. The lowest BCUT2D eigenvalue weighted by Gasteiger charge is -2.32. The number of aliphatic hydroxyl groups is 1. The highest BCUT2D eigenvalue weighted by molar-refractivity contribution is 5.77. The summed E-state index contributed by atoms with van der Waals surface area (Å²) in [4.78, 5) is 35.0. The predicted molar refractivity (Wildman–Crippen MR) is 130 cm³/mol. The molecule has 4 atom stereocenters. The molecule has 1 fully saturated rings. The van der Waals surface area contributed by atoms with Gasteiger partial charge in [0.2, 0.25) is 6.23 Å². The van der Waals surface area contributed by atoms with Crippen LogP contribution < -0.4 is 11.1 Å². The number of hydrogen-bond donors (Lipinski definition) is 4. The topological polar surface area (TPSA) is 151 Å². The number of esters is 1. The zero-order chi connectivity index (χ0) is 27.3. The van der Waals surface area contributed by atoms with E-state index in [9.17, 15) is 28.3 Å². The van der Waals surface area contributed by atoms with Crippen LogP contribution in [0.5, 0.6) is 0 Å². The van der Waals surface area contributed by atoms with E-state index in [4.69, 9.17) is 20.3 Å². The number of alkyl halides is 2. The first-order chi connectivity index (χ1) is 17.6. The molecule has 5 N–H and O–H groups in total. The molecule has 0 aliphatic carbocycles. The summed E-state index contributed by atoms with van der Waals surface area (Å²) in [7, 11) is 0. The van der Waals surface area contributed by atoms with Crippen LogP contribution in [-0.4, -0.2) is 70.2 Å². The highest BCUT2D eigenvalue weighted by Crippen LogP contribution is 2.38. The molecule has 212 valence electrons. The average Bonchev–Trinajstić information content (AvgIpc) is 3.06. The number of carboxylic acids is 1. The maximum Gasteiger partial charge on any atom is 0.325 e. The lowest BCUT2D eigenvalue weighted by atomic mass is 10.0. The minimum Gasteiger partial charge on any atom is -0.481 e. The minimum atomic E-state index is -3.76. The Morgan fingerprint density at radius 1 is 1.00 bits per heavy atom. The van der Waals surface area contributed by atoms with Gasteiger partial charge in [-0.1, -0.05) is 64.2 Å². The maximum absolute atomic E-state index is 14.5. The second-order valence-electron chi connectivity index (χ2n) is 9.69. The zero-order valence-corrected chi connectivity index (χ0v) is 21.3. The van der Waals surface area contributed by atoms with Crippen molar-refractivity contribution in [2.75, 3.05) is 6.61 Å². The average molecular weight is 534 g/mol. The third-order valence-electron chi connectivity index (χ3n) is 6.54. The summed E-state index contributed by atoms with van der Waals surface area (Å²) in [6.45, 7) is -0.537. The van der Waals surface area contributed by atoms with Crippen LogP contribution in [0.2, 0.25) is 0 Å². The molecule has 0 spiro atoms. The van der Waals surface area contributed by atoms with Gasteiger partial charge in [0.1, 0.15) is 12.7 Å². The number of rotatable bonds is 18. The molecule has 2 rings (SSSR count). The van der Waals surface area contributed by atoms with Crippen LogP contribution in [0, 0.1) is 0 Å². The highest BCUT2D eigenvalue weighted by atomic mass is 19.3. The van der Waals surface area contributed by atoms with Crippen LogP contribution in [0.1, 0.15) is 89.9 Å². The lowest BCUT2D eigenvalue weighted by molar-refractivity contribution is -0.151. The number of aliphatic carboxylic acids is 1. The summed E-state index contributed by atoms with van der Waals surface area (Å²) in [5.41, 5.74) is 5.51. The third kappa shape index (κ3) is 10.5. The molecule has 0 aromatic heterocycles. The fourth-order valence-electron chi connectivity index (χ4n) is 4.37. The minimum absolute atomic E-state index is 0.152. The van der Waals surface area contributed by atoms with E-state index in [1.807, 2.05) is 0 Å². The Hall–Kier alpha value is -2.31. The second-order valence-corrected chi connectivity index (χ2v) is 9.69. The molecule has 0 saturated carbocycles. The van der Waals surface area contributed by atoms with Crippen LogP contribution in [-0.2, 0) is 19.1 Å². The Labute approximate surface area is 216 Å². The van der Waals surface area contributed by atoms with Gasteiger partial charge in [-0.2, -0.15) is 8.78 Å². The fourth-order valence-corrected chi connectivity index (χ4v) is 4.37. The Bertz CT molecular complexity index is 769. The molecule has 2 aliphatic rings. The summed E-state index contributed by atoms with van der Waals surface area (Å²) in [6, 6.07) is -0.880. The summed E-state index contributed by atoms with van der Waals surface area (Å²) < 4.78 is 39.3. The maximum atomic E-state index is 14.5. The Balaban J connectivity index is 1.50. The van der Waals surface area contributed by atoms with Crippen molar-refractivity contribution in [2.24, 2.45) is 5.73 Å². The molecule has 0 bridgehead atoms. The van der Waals surface area contributed by atoms with Gasteiger partial charge in [-0.05, 0) is 18.9 Å². The van der Waals surface area contributed by atoms with Crippen molar-refractivity contribution < 1.29 is 42.9 Å². The molecule has 2 amide bonds. The largest absolute Gasteiger partial charge is 0.481 e. The van der Waals surface area contributed by atoms with Crippen LogP contribution in [0.3, 0.4) is 0 Å². The van der Waals surface area contributed by atoms with E-state index in [1.54, 1.807) is 0 Å². The number of hydrogen-bond acceptors (Lipinski definition) is 7. The van der Waals surface area contributed by atoms with Crippen molar-refractivity contribution in [3.8, 4) is 0 Å². The Morgan fingerprint density at radius 2 is 1.51 bits per heavy atom. The van der Waals surface area contributed by atoms with Gasteiger partial charge in [-0.25, -0.2) is 4.79 Å². The molecule has 0 aromatic carbocycles. The summed E-state index contributed by atoms with van der Waals surface area (Å²) in [6.07, 6.45) is 8.38. The summed E-state index contributed by atoms with van der Waals surface area (Å²) in [5, 5.41) is 20.9. The van der Waals surface area contributed by atoms with Crippen molar-refractivity contribution in [1.82, 2.24) is 10.2 Å². The van der Waals surface area contributed by atoms with Crippen LogP contribution in [0.25, 0.3) is 0 Å². The number of nitrogens with zero attached hydrogens (tertiary/aromatic N) is 1. The van der Waals surface area contributed by atoms with E-state index in [1.165, 1.54) is 18.9 Å². The lowest BCUT2D eigenvalue weighted by Crippen LogP contribution is -2.57. The van der Waals surface area contributed by atoms with Crippen molar-refractivity contribution in [3.63, 3.8) is 0 Å². The van der Waals surface area contributed by atoms with Crippen molar-refractivity contribution in [2.45, 2.75) is 120 Å². The van der Waals surface area contributed by atoms with Gasteiger partial charge in [0, 0.05) is 19.0 Å². The van der Waals surface area contributed by atoms with Crippen LogP contribution >= 0.6 is 0 Å². The third-order valence-corrected chi connectivity index (χ3v) is 6.54. The van der Waals surface area contributed by atoms with Gasteiger partial charge in [-0.15, -0.1) is 0 Å². The number of unbranched alkanes of at least 4 members (excludes halogenated alkanes) is 11. The van der Waals surface area contributed by atoms with E-state index in [0.717, 1.165) is 64.0 Å². The van der Waals surface area contributed by atoms with Gasteiger partial charge < -0.3 is 30.7 Å². The van der Waals surface area contributed by atoms with Crippen molar-refractivity contribution >= 4 is 18.0 Å². The first-order valence-electron chi connectivity index (χ1n) is 13.2. The molecule has 0 aromatic rings. The first kappa shape index (κ1) is 30.9. The van der Waals surface area contributed by atoms with Crippen molar-refractivity contribution in [3.05, 3.63) is 12.3 Å². The Kier molecular flexibility index (Phi) is 13.2. The molecule has 12 heteroatoms. The Morgan fingerprint density at radius 3 is 2.03 bits per heavy atom. The molecule has 4 unspecified atom stereocenters. The van der Waals surface area contributed by atoms with E-state index in [-0.39, 0.29) is 12.8 Å². The molecule has 37 heavy (non-hydrogen) atoms. The normalized spacial score (nSPS) is 24.8. The standard InChI is InChI=1S/C25H41F2N3O7/c26-25(27)22(34)18(37-23(25)30-16-15-19(28)29-24(30)35)17-36-21(33)14-12-10-8-6-4-2-1-3-5-7-9-11-13-20(31)32/h15-16,18-19,22-23,34H,1-14,17,28H2,(H,29,35)(H,31,32). The van der Waals surface area contributed by atoms with E-state index < -0.39 is 55.1 Å². The molecule has 2 heterocycles. The van der Waals surface area contributed by atoms with Gasteiger partial charge in [0.05, 0.1) is 6.17 Å². The highest BCUT2D eigenvalue weighted by Gasteiger charge is 2.61. The number of carboxylic acid groups (broad SMARTS) is 1. The van der Waals surface area contributed by atoms with Crippen molar-refractivity contribution in [1.29, 1.82) is 0 Å². The number of carbonyl (C=O) groups is 3. The molecule has 2 aliphatic heterocycles. The number of halogens is 2. The van der Waals surface area contributed by atoms with Crippen LogP contribution in [0.4, 0.5) is 13.6 Å². The van der Waals surface area contributed by atoms with E-state index in [2.05, 4.69) is 5.32 Å². The quantitative estimate of drug-likeness (QED) is 0.154. The SMILES string of the molecule is NC1C=CN(C2OC(COC(=O)CCCCCCCCCCCCCCC(=O)O)C(O)C2(F)F)C(=O)N1. The number of nitrogens with two attached hydrogens (primary N) is 1. The van der Waals surface area contributed by atoms with Gasteiger partial charge in [0.25, 0.3) is 0 Å². The molecular weight excluding hydrogens is 492 g/mol. The van der Waals surface area contributed by atoms with Gasteiger partial charge >= 0.3 is 23.9 Å². The zero-order valence-electron chi connectivity index (χ0n) is 21.3. The second kappa shape index (κ2) is 15.8. The van der Waals surface area contributed by atoms with E-state index in [0.29, 0.717) is 11.3 Å². The number of carbonyl (C=O) groups excluding carboxylic acids is 2. The smallest absolute Gasteiger partial charge is 0.325 e. The molecule has 0 radical (unpaired) electrons.